The van der Waals surface area contributed by atoms with E-state index in [-0.39, 0.29) is 16.9 Å². The third kappa shape index (κ3) is 6.87. The number of aromatic hydroxyl groups is 1. The molecule has 2 aromatic carbocycles. The standard InChI is InChI=1S/C28H27F2N3O2S.C5H12/c1-3-21(20-15-25(34)36-16-20)22-9-8-19(14-17(22)2)27(35)32-12-10-18(11-13-32)26-31-23-6-4-5-7-24(23)33(26)28(29)30;1-4-5(2)3/h3-9,14-16,18,28,34H,10-13H2,1-2H3;5H,4H2,1-3H3/b21-3-;. The summed E-state index contributed by atoms with van der Waals surface area (Å²) in [5.41, 5.74) is 5.55. The minimum Gasteiger partial charge on any atom is -0.499 e. The summed E-state index contributed by atoms with van der Waals surface area (Å²) in [7, 11) is 0. The van der Waals surface area contributed by atoms with Crippen LogP contribution in [0.15, 0.2) is 60.0 Å². The van der Waals surface area contributed by atoms with Crippen LogP contribution < -0.4 is 0 Å². The molecule has 1 fully saturated rings. The molecule has 3 heterocycles. The van der Waals surface area contributed by atoms with E-state index in [0.29, 0.717) is 48.4 Å². The Hall–Kier alpha value is -3.52. The lowest BCUT2D eigenvalue weighted by atomic mass is 9.93. The number of aromatic nitrogens is 2. The average molecular weight is 580 g/mol. The molecular weight excluding hydrogens is 540 g/mol. The van der Waals surface area contributed by atoms with Crippen molar-refractivity contribution in [3.05, 3.63) is 88.1 Å². The van der Waals surface area contributed by atoms with Crippen LogP contribution in [-0.4, -0.2) is 38.6 Å². The van der Waals surface area contributed by atoms with Gasteiger partial charge in [0.1, 0.15) is 5.82 Å². The minimum absolute atomic E-state index is 0.0549. The molecule has 0 bridgehead atoms. The Morgan fingerprint density at radius 2 is 1.80 bits per heavy atom. The Kier molecular flexibility index (Phi) is 9.97. The van der Waals surface area contributed by atoms with Gasteiger partial charge in [0.25, 0.3) is 5.91 Å². The van der Waals surface area contributed by atoms with E-state index in [4.69, 9.17) is 0 Å². The Bertz CT molecular complexity index is 1510. The van der Waals surface area contributed by atoms with Crippen molar-refractivity contribution in [2.75, 3.05) is 13.1 Å². The zero-order valence-corrected chi connectivity index (χ0v) is 25.2. The fraction of sp³-hybridized carbons (Fsp3) is 0.394. The summed E-state index contributed by atoms with van der Waals surface area (Å²) in [5.74, 6) is 1.10. The number of aryl methyl sites for hydroxylation is 1. The number of thiophene rings is 1. The van der Waals surface area contributed by atoms with Crippen molar-refractivity contribution >= 4 is 33.9 Å². The molecule has 4 aromatic rings. The molecule has 0 atom stereocenters. The van der Waals surface area contributed by atoms with Gasteiger partial charge in [-0.2, -0.15) is 8.78 Å². The van der Waals surface area contributed by atoms with Crippen LogP contribution in [0, 0.1) is 12.8 Å². The molecule has 1 amide bonds. The van der Waals surface area contributed by atoms with E-state index in [1.165, 1.54) is 17.8 Å². The summed E-state index contributed by atoms with van der Waals surface area (Å²) in [5, 5.41) is 11.9. The number of para-hydroxylation sites is 2. The summed E-state index contributed by atoms with van der Waals surface area (Å²) >= 11 is 1.28. The molecule has 1 aliphatic rings. The van der Waals surface area contributed by atoms with Crippen molar-refractivity contribution in [3.8, 4) is 5.06 Å². The van der Waals surface area contributed by atoms with E-state index in [0.717, 1.165) is 32.7 Å². The van der Waals surface area contributed by atoms with Gasteiger partial charge in [0.15, 0.2) is 5.06 Å². The van der Waals surface area contributed by atoms with E-state index in [9.17, 15) is 18.7 Å². The number of carbonyl (C=O) groups excluding carboxylic acids is 1. The first-order chi connectivity index (χ1) is 19.6. The fourth-order valence-corrected chi connectivity index (χ4v) is 5.76. The van der Waals surface area contributed by atoms with Gasteiger partial charge in [0, 0.05) is 30.0 Å². The molecule has 1 N–H and O–H groups in total. The summed E-state index contributed by atoms with van der Waals surface area (Å²) in [4.78, 5) is 19.6. The highest BCUT2D eigenvalue weighted by Gasteiger charge is 2.30. The predicted molar refractivity (Wildman–Crippen MR) is 164 cm³/mol. The number of hydrogen-bond donors (Lipinski definition) is 1. The van der Waals surface area contributed by atoms with Crippen LogP contribution in [0.3, 0.4) is 0 Å². The van der Waals surface area contributed by atoms with E-state index in [2.05, 4.69) is 25.8 Å². The van der Waals surface area contributed by atoms with E-state index in [1.54, 1.807) is 35.2 Å². The minimum atomic E-state index is -2.66. The average Bonchev–Trinajstić information content (AvgIpc) is 3.58. The topological polar surface area (TPSA) is 58.4 Å². The number of imidazole rings is 1. The Morgan fingerprint density at radius 3 is 2.37 bits per heavy atom. The highest BCUT2D eigenvalue weighted by molar-refractivity contribution is 7.12. The Balaban J connectivity index is 0.000000714. The first-order valence-corrected chi connectivity index (χ1v) is 15.1. The molecule has 41 heavy (non-hydrogen) atoms. The maximum Gasteiger partial charge on any atom is 0.320 e. The van der Waals surface area contributed by atoms with Crippen molar-refractivity contribution in [1.82, 2.24) is 14.5 Å². The first-order valence-electron chi connectivity index (χ1n) is 14.2. The molecule has 5 rings (SSSR count). The van der Waals surface area contributed by atoms with E-state index in [1.807, 2.05) is 43.5 Å². The van der Waals surface area contributed by atoms with Crippen LogP contribution in [0.4, 0.5) is 8.78 Å². The lowest BCUT2D eigenvalue weighted by molar-refractivity contribution is 0.0634. The van der Waals surface area contributed by atoms with Crippen molar-refractivity contribution in [1.29, 1.82) is 0 Å². The van der Waals surface area contributed by atoms with Crippen LogP contribution in [-0.2, 0) is 0 Å². The predicted octanol–water partition coefficient (Wildman–Crippen LogP) is 9.03. The number of nitrogens with zero attached hydrogens (tertiary/aromatic N) is 3. The molecule has 0 aliphatic carbocycles. The molecule has 0 unspecified atom stereocenters. The van der Waals surface area contributed by atoms with Gasteiger partial charge in [-0.1, -0.05) is 51.5 Å². The zero-order valence-electron chi connectivity index (χ0n) is 24.4. The highest BCUT2D eigenvalue weighted by atomic mass is 32.1. The fourth-order valence-electron chi connectivity index (χ4n) is 5.12. The third-order valence-electron chi connectivity index (χ3n) is 7.73. The highest BCUT2D eigenvalue weighted by Crippen LogP contribution is 2.35. The number of fused-ring (bicyclic) bond motifs is 1. The van der Waals surface area contributed by atoms with Gasteiger partial charge < -0.3 is 10.0 Å². The number of amides is 1. The first kappa shape index (κ1) is 30.4. The largest absolute Gasteiger partial charge is 0.499 e. The second-order valence-corrected chi connectivity index (χ2v) is 11.8. The molecule has 0 radical (unpaired) electrons. The molecule has 1 aliphatic heterocycles. The normalized spacial score (nSPS) is 14.6. The van der Waals surface area contributed by atoms with Crippen LogP contribution in [0.2, 0.25) is 0 Å². The molecule has 5 nitrogen and oxygen atoms in total. The summed E-state index contributed by atoms with van der Waals surface area (Å²) in [6.07, 6.45) is 4.48. The van der Waals surface area contributed by atoms with Gasteiger partial charge in [-0.3, -0.25) is 9.36 Å². The number of allylic oxidation sites excluding steroid dienone is 1. The molecule has 218 valence electrons. The summed E-state index contributed by atoms with van der Waals surface area (Å²) in [6, 6.07) is 14.4. The second kappa shape index (κ2) is 13.4. The summed E-state index contributed by atoms with van der Waals surface area (Å²) in [6.45, 7) is 8.90. The Labute approximate surface area is 245 Å². The van der Waals surface area contributed by atoms with Crippen LogP contribution in [0.1, 0.15) is 92.3 Å². The number of benzene rings is 2. The van der Waals surface area contributed by atoms with Crippen molar-refractivity contribution in [2.24, 2.45) is 5.92 Å². The van der Waals surface area contributed by atoms with Crippen molar-refractivity contribution in [3.63, 3.8) is 0 Å². The molecule has 0 saturated carbocycles. The third-order valence-corrected chi connectivity index (χ3v) is 8.46. The zero-order chi connectivity index (χ0) is 29.7. The number of piperidine rings is 1. The molecule has 0 spiro atoms. The molecule has 2 aromatic heterocycles. The number of alkyl halides is 2. The van der Waals surface area contributed by atoms with E-state index < -0.39 is 6.55 Å². The lowest BCUT2D eigenvalue weighted by Crippen LogP contribution is -2.38. The lowest BCUT2D eigenvalue weighted by Gasteiger charge is -2.32. The second-order valence-electron chi connectivity index (χ2n) is 10.9. The smallest absolute Gasteiger partial charge is 0.320 e. The maximum atomic E-state index is 13.9. The SMILES string of the molecule is C/C=C(/c1csc(O)c1)c1ccc(C(=O)N2CCC(c3nc4ccccc4n3C(F)F)CC2)cc1C.CCC(C)C. The van der Waals surface area contributed by atoms with Gasteiger partial charge >= 0.3 is 6.55 Å². The molecular formula is C33H39F2N3O2S. The van der Waals surface area contributed by atoms with E-state index >= 15 is 0 Å². The summed E-state index contributed by atoms with van der Waals surface area (Å²) < 4.78 is 28.8. The monoisotopic (exact) mass is 579 g/mol. The number of rotatable bonds is 6. The van der Waals surface area contributed by atoms with Gasteiger partial charge in [-0.05, 0) is 85.2 Å². The molecule has 1 saturated heterocycles. The number of carbonyl (C=O) groups is 1. The van der Waals surface area contributed by atoms with Gasteiger partial charge in [-0.25, -0.2) is 4.98 Å². The van der Waals surface area contributed by atoms with Gasteiger partial charge in [0.2, 0.25) is 0 Å². The number of likely N-dealkylation sites (tertiary alicyclic amines) is 1. The quantitative estimate of drug-likeness (QED) is 0.248. The van der Waals surface area contributed by atoms with Gasteiger partial charge in [0.05, 0.1) is 11.0 Å². The van der Waals surface area contributed by atoms with Gasteiger partial charge in [-0.15, -0.1) is 11.3 Å². The number of halogens is 2. The maximum absolute atomic E-state index is 13.9. The molecule has 8 heteroatoms. The number of hydrogen-bond acceptors (Lipinski definition) is 4. The van der Waals surface area contributed by atoms with Crippen molar-refractivity contribution in [2.45, 2.75) is 66.3 Å². The Morgan fingerprint density at radius 1 is 1.12 bits per heavy atom. The van der Waals surface area contributed by atoms with Crippen molar-refractivity contribution < 1.29 is 18.7 Å². The van der Waals surface area contributed by atoms with Crippen LogP contribution in [0.25, 0.3) is 16.6 Å². The van der Waals surface area contributed by atoms with Crippen LogP contribution >= 0.6 is 11.3 Å². The van der Waals surface area contributed by atoms with Crippen LogP contribution in [0.5, 0.6) is 5.06 Å².